The zero-order chi connectivity index (χ0) is 13.3. The van der Waals surface area contributed by atoms with E-state index < -0.39 is 24.2 Å². The maximum absolute atomic E-state index is 12.7. The molecule has 1 aliphatic rings. The van der Waals surface area contributed by atoms with Crippen molar-refractivity contribution in [1.29, 1.82) is 0 Å². The Labute approximate surface area is 102 Å². The second kappa shape index (κ2) is 4.61. The highest BCUT2D eigenvalue weighted by atomic mass is 19.4. The summed E-state index contributed by atoms with van der Waals surface area (Å²) in [6, 6.07) is 5.77. The van der Waals surface area contributed by atoms with Crippen LogP contribution in [0.5, 0.6) is 0 Å². The van der Waals surface area contributed by atoms with E-state index in [2.05, 4.69) is 4.74 Å². The molecular formula is C12H12F3NO2. The van der Waals surface area contributed by atoms with Gasteiger partial charge in [-0.3, -0.25) is 9.69 Å². The summed E-state index contributed by atoms with van der Waals surface area (Å²) in [4.78, 5) is 12.4. The van der Waals surface area contributed by atoms with E-state index in [0.717, 1.165) is 17.6 Å². The highest BCUT2D eigenvalue weighted by molar-refractivity contribution is 5.80. The van der Waals surface area contributed by atoms with E-state index in [1.54, 1.807) is 30.3 Å². The molecule has 0 bridgehead atoms. The quantitative estimate of drug-likeness (QED) is 0.614. The van der Waals surface area contributed by atoms with E-state index in [4.69, 9.17) is 0 Å². The Morgan fingerprint density at radius 1 is 1.33 bits per heavy atom. The van der Waals surface area contributed by atoms with Gasteiger partial charge in [-0.1, -0.05) is 30.3 Å². The fourth-order valence-electron chi connectivity index (χ4n) is 2.02. The summed E-state index contributed by atoms with van der Waals surface area (Å²) in [5, 5.41) is 0. The van der Waals surface area contributed by atoms with Gasteiger partial charge in [-0.2, -0.15) is 13.2 Å². The Kier molecular flexibility index (Phi) is 3.30. The zero-order valence-corrected chi connectivity index (χ0v) is 9.65. The molecule has 1 fully saturated rings. The van der Waals surface area contributed by atoms with Gasteiger partial charge in [0, 0.05) is 6.54 Å². The van der Waals surface area contributed by atoms with Crippen molar-refractivity contribution in [3.63, 3.8) is 0 Å². The van der Waals surface area contributed by atoms with Crippen LogP contribution in [-0.4, -0.2) is 36.2 Å². The SMILES string of the molecule is COC(=O)[C@H]1[C@H](C(F)(F)F)N1Cc1ccccc1. The minimum atomic E-state index is -4.41. The largest absolute Gasteiger partial charge is 0.468 e. The zero-order valence-electron chi connectivity index (χ0n) is 9.65. The smallest absolute Gasteiger partial charge is 0.406 e. The number of nitrogens with zero attached hydrogens (tertiary/aromatic N) is 1. The molecule has 2 rings (SSSR count). The van der Waals surface area contributed by atoms with Crippen LogP contribution in [0, 0.1) is 0 Å². The first-order valence-electron chi connectivity index (χ1n) is 5.39. The van der Waals surface area contributed by atoms with E-state index in [1.165, 1.54) is 0 Å². The normalized spacial score (nSPS) is 26.8. The molecule has 0 aromatic heterocycles. The molecule has 0 amide bonds. The Bertz CT molecular complexity index is 433. The molecule has 0 saturated carbocycles. The summed E-state index contributed by atoms with van der Waals surface area (Å²) in [6.45, 7) is 0.0881. The number of hydrogen-bond donors (Lipinski definition) is 0. The van der Waals surface area contributed by atoms with Crippen molar-refractivity contribution in [1.82, 2.24) is 4.90 Å². The molecule has 1 aliphatic heterocycles. The van der Waals surface area contributed by atoms with Gasteiger partial charge in [0.1, 0.15) is 12.1 Å². The summed E-state index contributed by atoms with van der Waals surface area (Å²) < 4.78 is 42.5. The average molecular weight is 259 g/mol. The molecule has 0 spiro atoms. The molecule has 3 atom stereocenters. The third kappa shape index (κ3) is 2.48. The monoisotopic (exact) mass is 259 g/mol. The second-order valence-corrected chi connectivity index (χ2v) is 4.11. The topological polar surface area (TPSA) is 29.3 Å². The average Bonchev–Trinajstić information content (AvgIpc) is 3.03. The Hall–Kier alpha value is -1.56. The van der Waals surface area contributed by atoms with Crippen LogP contribution in [0.1, 0.15) is 5.56 Å². The predicted octanol–water partition coefficient (Wildman–Crippen LogP) is 1.97. The first kappa shape index (κ1) is 12.9. The third-order valence-corrected chi connectivity index (χ3v) is 2.91. The first-order chi connectivity index (χ1) is 8.45. The highest BCUT2D eigenvalue weighted by Gasteiger charge is 2.66. The maximum Gasteiger partial charge on any atom is 0.406 e. The minimum Gasteiger partial charge on any atom is -0.468 e. The number of alkyl halides is 3. The first-order valence-corrected chi connectivity index (χ1v) is 5.39. The van der Waals surface area contributed by atoms with Crippen LogP contribution in [0.3, 0.4) is 0 Å². The summed E-state index contributed by atoms with van der Waals surface area (Å²) in [7, 11) is 1.09. The van der Waals surface area contributed by atoms with Gasteiger partial charge in [0.25, 0.3) is 0 Å². The number of carbonyl (C=O) groups is 1. The fourth-order valence-corrected chi connectivity index (χ4v) is 2.02. The molecule has 1 aromatic carbocycles. The van der Waals surface area contributed by atoms with Crippen LogP contribution in [0.25, 0.3) is 0 Å². The molecule has 1 aromatic rings. The van der Waals surface area contributed by atoms with Crippen molar-refractivity contribution in [2.75, 3.05) is 7.11 Å². The molecule has 6 heteroatoms. The number of hydrogen-bond acceptors (Lipinski definition) is 3. The van der Waals surface area contributed by atoms with Crippen molar-refractivity contribution < 1.29 is 22.7 Å². The van der Waals surface area contributed by atoms with Crippen LogP contribution in [0.4, 0.5) is 13.2 Å². The van der Waals surface area contributed by atoms with E-state index in [-0.39, 0.29) is 6.54 Å². The lowest BCUT2D eigenvalue weighted by molar-refractivity contribution is -0.147. The summed E-state index contributed by atoms with van der Waals surface area (Å²) in [6.07, 6.45) is -4.41. The van der Waals surface area contributed by atoms with Gasteiger partial charge in [0.2, 0.25) is 0 Å². The van der Waals surface area contributed by atoms with Crippen molar-refractivity contribution in [2.24, 2.45) is 0 Å². The maximum atomic E-state index is 12.7. The van der Waals surface area contributed by atoms with E-state index in [9.17, 15) is 18.0 Å². The lowest BCUT2D eigenvalue weighted by atomic mass is 10.2. The third-order valence-electron chi connectivity index (χ3n) is 2.91. The van der Waals surface area contributed by atoms with Crippen LogP contribution in [-0.2, 0) is 16.1 Å². The molecule has 98 valence electrons. The Morgan fingerprint density at radius 3 is 2.44 bits per heavy atom. The van der Waals surface area contributed by atoms with Crippen molar-refractivity contribution in [2.45, 2.75) is 24.8 Å². The van der Waals surface area contributed by atoms with Crippen LogP contribution < -0.4 is 0 Å². The summed E-state index contributed by atoms with van der Waals surface area (Å²) in [5.74, 6) is -0.840. The number of methoxy groups -OCH3 is 1. The van der Waals surface area contributed by atoms with Crippen molar-refractivity contribution in [3.8, 4) is 0 Å². The number of esters is 1. The number of halogens is 3. The molecule has 3 nitrogen and oxygen atoms in total. The van der Waals surface area contributed by atoms with Gasteiger partial charge in [0.15, 0.2) is 0 Å². The summed E-state index contributed by atoms with van der Waals surface area (Å²) >= 11 is 0. The number of ether oxygens (including phenoxy) is 1. The molecule has 1 saturated heterocycles. The molecule has 1 unspecified atom stereocenters. The van der Waals surface area contributed by atoms with Gasteiger partial charge in [-0.15, -0.1) is 0 Å². The van der Waals surface area contributed by atoms with Gasteiger partial charge in [-0.25, -0.2) is 0 Å². The van der Waals surface area contributed by atoms with Gasteiger partial charge in [0.05, 0.1) is 7.11 Å². The predicted molar refractivity (Wildman–Crippen MR) is 57.6 cm³/mol. The fraction of sp³-hybridized carbons (Fsp3) is 0.417. The molecular weight excluding hydrogens is 247 g/mol. The minimum absolute atomic E-state index is 0.0881. The Balaban J connectivity index is 2.10. The Morgan fingerprint density at radius 2 is 1.94 bits per heavy atom. The van der Waals surface area contributed by atoms with Crippen molar-refractivity contribution in [3.05, 3.63) is 35.9 Å². The summed E-state index contributed by atoms with van der Waals surface area (Å²) in [5.41, 5.74) is 0.734. The van der Waals surface area contributed by atoms with E-state index in [0.29, 0.717) is 0 Å². The molecule has 1 heterocycles. The standard InChI is InChI=1S/C12H12F3NO2/c1-18-11(17)9-10(12(13,14)15)16(9)7-8-5-3-2-4-6-8/h2-6,9-10H,7H2,1H3/t9-,10-,16?/m1/s1. The lowest BCUT2D eigenvalue weighted by Gasteiger charge is -2.06. The van der Waals surface area contributed by atoms with Gasteiger partial charge < -0.3 is 4.74 Å². The number of carbonyl (C=O) groups excluding carboxylic acids is 1. The second-order valence-electron chi connectivity index (χ2n) is 4.11. The number of rotatable bonds is 3. The molecule has 18 heavy (non-hydrogen) atoms. The number of benzene rings is 1. The van der Waals surface area contributed by atoms with Crippen LogP contribution in [0.2, 0.25) is 0 Å². The van der Waals surface area contributed by atoms with Gasteiger partial charge >= 0.3 is 12.1 Å². The van der Waals surface area contributed by atoms with Gasteiger partial charge in [-0.05, 0) is 5.56 Å². The lowest BCUT2D eigenvalue weighted by Crippen LogP contribution is -2.23. The van der Waals surface area contributed by atoms with E-state index >= 15 is 0 Å². The van der Waals surface area contributed by atoms with Crippen molar-refractivity contribution >= 4 is 5.97 Å². The molecule has 0 N–H and O–H groups in total. The molecule has 0 radical (unpaired) electrons. The van der Waals surface area contributed by atoms with Crippen LogP contribution in [0.15, 0.2) is 30.3 Å². The van der Waals surface area contributed by atoms with Crippen LogP contribution >= 0.6 is 0 Å². The van der Waals surface area contributed by atoms with E-state index in [1.807, 2.05) is 0 Å². The molecule has 0 aliphatic carbocycles. The highest BCUT2D eigenvalue weighted by Crippen LogP contribution is 2.42.